The summed E-state index contributed by atoms with van der Waals surface area (Å²) in [6.07, 6.45) is 1.55. The van der Waals surface area contributed by atoms with E-state index < -0.39 is 12.0 Å². The Morgan fingerprint density at radius 1 is 1.53 bits per heavy atom. The molecule has 1 aromatic heterocycles. The zero-order valence-electron chi connectivity index (χ0n) is 11.0. The molecule has 1 amide bonds. The summed E-state index contributed by atoms with van der Waals surface area (Å²) in [6, 6.07) is 1.30. The first kappa shape index (κ1) is 13.3. The summed E-state index contributed by atoms with van der Waals surface area (Å²) < 4.78 is 0. The molecule has 1 aliphatic heterocycles. The minimum atomic E-state index is -1.04. The summed E-state index contributed by atoms with van der Waals surface area (Å²) in [4.78, 5) is 27.2. The van der Waals surface area contributed by atoms with Crippen LogP contribution >= 0.6 is 0 Å². The summed E-state index contributed by atoms with van der Waals surface area (Å²) in [7, 11) is 0. The first-order valence-corrected chi connectivity index (χ1v) is 6.25. The average Bonchev–Trinajstić information content (AvgIpc) is 2.30. The Bertz CT molecular complexity index is 528. The van der Waals surface area contributed by atoms with E-state index in [0.717, 1.165) is 12.1 Å². The normalized spacial score (nSPS) is 18.8. The third-order valence-electron chi connectivity index (χ3n) is 3.15. The molecule has 0 aliphatic carbocycles. The lowest BCUT2D eigenvalue weighted by atomic mass is 10.1. The number of carboxylic acids is 1. The summed E-state index contributed by atoms with van der Waals surface area (Å²) in [6.45, 7) is 4.19. The van der Waals surface area contributed by atoms with Gasteiger partial charge in [0, 0.05) is 12.2 Å². The molecule has 102 valence electrons. The lowest BCUT2D eigenvalue weighted by molar-refractivity contribution is -0.123. The molecule has 0 saturated carbocycles. The van der Waals surface area contributed by atoms with Gasteiger partial charge in [0.2, 0.25) is 5.91 Å². The Balaban J connectivity index is 2.33. The number of hydrogen-bond donors (Lipinski definition) is 3. The SMILES string of the molecule is Cc1cc(C)c(C(=O)O)c(NC2CCCNC2=O)n1. The van der Waals surface area contributed by atoms with Crippen LogP contribution < -0.4 is 10.6 Å². The molecule has 0 aromatic carbocycles. The molecule has 1 saturated heterocycles. The molecule has 1 aliphatic rings. The van der Waals surface area contributed by atoms with Crippen LogP contribution in [0.4, 0.5) is 5.82 Å². The molecule has 6 heteroatoms. The number of carbonyl (C=O) groups is 2. The van der Waals surface area contributed by atoms with E-state index in [-0.39, 0.29) is 17.3 Å². The molecular formula is C13H17N3O3. The monoisotopic (exact) mass is 263 g/mol. The van der Waals surface area contributed by atoms with Crippen LogP contribution in [0.5, 0.6) is 0 Å². The predicted molar refractivity (Wildman–Crippen MR) is 70.3 cm³/mol. The number of aromatic carboxylic acids is 1. The summed E-state index contributed by atoms with van der Waals surface area (Å²) in [5.74, 6) is -0.876. The smallest absolute Gasteiger partial charge is 0.339 e. The fraction of sp³-hybridized carbons (Fsp3) is 0.462. The first-order valence-electron chi connectivity index (χ1n) is 6.25. The molecule has 1 unspecified atom stereocenters. The number of hydrogen-bond acceptors (Lipinski definition) is 4. The predicted octanol–water partition coefficient (Wildman–Crippen LogP) is 1.09. The van der Waals surface area contributed by atoms with Crippen molar-refractivity contribution in [1.82, 2.24) is 10.3 Å². The number of carboxylic acid groups (broad SMARTS) is 1. The highest BCUT2D eigenvalue weighted by Crippen LogP contribution is 2.21. The van der Waals surface area contributed by atoms with Crippen molar-refractivity contribution in [3.05, 3.63) is 22.9 Å². The Morgan fingerprint density at radius 2 is 2.26 bits per heavy atom. The maximum absolute atomic E-state index is 11.7. The fourth-order valence-electron chi connectivity index (χ4n) is 2.29. The van der Waals surface area contributed by atoms with Crippen LogP contribution in [0.2, 0.25) is 0 Å². The summed E-state index contributed by atoms with van der Waals surface area (Å²) in [5, 5.41) is 15.0. The quantitative estimate of drug-likeness (QED) is 0.759. The summed E-state index contributed by atoms with van der Waals surface area (Å²) >= 11 is 0. The van der Waals surface area contributed by atoms with Crippen LogP contribution in [0.3, 0.4) is 0 Å². The van der Waals surface area contributed by atoms with Crippen molar-refractivity contribution in [2.75, 3.05) is 11.9 Å². The second kappa shape index (κ2) is 5.26. The van der Waals surface area contributed by atoms with Crippen molar-refractivity contribution in [2.24, 2.45) is 0 Å². The highest BCUT2D eigenvalue weighted by Gasteiger charge is 2.25. The van der Waals surface area contributed by atoms with Crippen LogP contribution in [-0.4, -0.2) is 34.6 Å². The number of nitrogens with zero attached hydrogens (tertiary/aromatic N) is 1. The maximum Gasteiger partial charge on any atom is 0.339 e. The van der Waals surface area contributed by atoms with Gasteiger partial charge in [0.25, 0.3) is 0 Å². The van der Waals surface area contributed by atoms with E-state index in [1.54, 1.807) is 19.9 Å². The highest BCUT2D eigenvalue weighted by molar-refractivity contribution is 5.96. The van der Waals surface area contributed by atoms with Gasteiger partial charge >= 0.3 is 5.97 Å². The number of aryl methyl sites for hydroxylation is 2. The molecule has 1 aromatic rings. The fourth-order valence-corrected chi connectivity index (χ4v) is 2.29. The number of aromatic nitrogens is 1. The minimum Gasteiger partial charge on any atom is -0.478 e. The number of pyridine rings is 1. The minimum absolute atomic E-state index is 0.108. The Hall–Kier alpha value is -2.11. The molecule has 3 N–H and O–H groups in total. The molecule has 1 atom stereocenters. The largest absolute Gasteiger partial charge is 0.478 e. The molecule has 0 spiro atoms. The number of carbonyl (C=O) groups excluding carboxylic acids is 1. The molecule has 6 nitrogen and oxygen atoms in total. The third kappa shape index (κ3) is 2.83. The number of rotatable bonds is 3. The first-order chi connectivity index (χ1) is 8.99. The number of anilines is 1. The van der Waals surface area contributed by atoms with E-state index in [0.29, 0.717) is 18.5 Å². The van der Waals surface area contributed by atoms with Gasteiger partial charge in [-0.3, -0.25) is 4.79 Å². The van der Waals surface area contributed by atoms with Crippen LogP contribution in [0.15, 0.2) is 6.07 Å². The second-order valence-corrected chi connectivity index (χ2v) is 4.74. The molecule has 2 heterocycles. The Kier molecular flexibility index (Phi) is 3.69. The van der Waals surface area contributed by atoms with Gasteiger partial charge in [0.15, 0.2) is 0 Å². The van der Waals surface area contributed by atoms with Crippen LogP contribution in [0, 0.1) is 13.8 Å². The van der Waals surface area contributed by atoms with Crippen molar-refractivity contribution in [3.8, 4) is 0 Å². The van der Waals surface area contributed by atoms with Crippen LogP contribution in [0.1, 0.15) is 34.5 Å². The Morgan fingerprint density at radius 3 is 2.89 bits per heavy atom. The van der Waals surface area contributed by atoms with Gasteiger partial charge in [-0.15, -0.1) is 0 Å². The zero-order valence-corrected chi connectivity index (χ0v) is 11.0. The molecule has 2 rings (SSSR count). The lowest BCUT2D eigenvalue weighted by Crippen LogP contribution is -2.44. The molecule has 19 heavy (non-hydrogen) atoms. The number of piperidine rings is 1. The third-order valence-corrected chi connectivity index (χ3v) is 3.15. The van der Waals surface area contributed by atoms with Gasteiger partial charge in [0.05, 0.1) is 0 Å². The number of amides is 1. The van der Waals surface area contributed by atoms with E-state index in [4.69, 9.17) is 0 Å². The zero-order chi connectivity index (χ0) is 14.0. The second-order valence-electron chi connectivity index (χ2n) is 4.74. The van der Waals surface area contributed by atoms with Gasteiger partial charge in [-0.25, -0.2) is 9.78 Å². The van der Waals surface area contributed by atoms with Crippen molar-refractivity contribution >= 4 is 17.7 Å². The molecule has 0 radical (unpaired) electrons. The van der Waals surface area contributed by atoms with Crippen molar-refractivity contribution < 1.29 is 14.7 Å². The van der Waals surface area contributed by atoms with Crippen LogP contribution in [0.25, 0.3) is 0 Å². The van der Waals surface area contributed by atoms with Crippen molar-refractivity contribution in [1.29, 1.82) is 0 Å². The van der Waals surface area contributed by atoms with E-state index in [1.807, 2.05) is 0 Å². The average molecular weight is 263 g/mol. The lowest BCUT2D eigenvalue weighted by Gasteiger charge is -2.24. The molecular weight excluding hydrogens is 246 g/mol. The van der Waals surface area contributed by atoms with Gasteiger partial charge in [0.1, 0.15) is 17.4 Å². The van der Waals surface area contributed by atoms with E-state index in [9.17, 15) is 14.7 Å². The van der Waals surface area contributed by atoms with Gasteiger partial charge in [-0.1, -0.05) is 0 Å². The summed E-state index contributed by atoms with van der Waals surface area (Å²) in [5.41, 5.74) is 1.49. The topological polar surface area (TPSA) is 91.3 Å². The van der Waals surface area contributed by atoms with Gasteiger partial charge < -0.3 is 15.7 Å². The van der Waals surface area contributed by atoms with Gasteiger partial charge in [-0.2, -0.15) is 0 Å². The highest BCUT2D eigenvalue weighted by atomic mass is 16.4. The van der Waals surface area contributed by atoms with E-state index in [2.05, 4.69) is 15.6 Å². The standard InChI is InChI=1S/C13H17N3O3/c1-7-6-8(2)15-11(10(7)13(18)19)16-9-4-3-5-14-12(9)17/h6,9H,3-5H2,1-2H3,(H,14,17)(H,15,16)(H,18,19). The van der Waals surface area contributed by atoms with Crippen molar-refractivity contribution in [2.45, 2.75) is 32.7 Å². The van der Waals surface area contributed by atoms with Gasteiger partial charge in [-0.05, 0) is 38.3 Å². The van der Waals surface area contributed by atoms with E-state index >= 15 is 0 Å². The molecule has 1 fully saturated rings. The van der Waals surface area contributed by atoms with Crippen molar-refractivity contribution in [3.63, 3.8) is 0 Å². The number of nitrogens with one attached hydrogen (secondary N) is 2. The van der Waals surface area contributed by atoms with Crippen LogP contribution in [-0.2, 0) is 4.79 Å². The Labute approximate surface area is 111 Å². The maximum atomic E-state index is 11.7. The molecule has 0 bridgehead atoms. The van der Waals surface area contributed by atoms with E-state index in [1.165, 1.54) is 0 Å².